The molecule has 1 unspecified atom stereocenters. The van der Waals surface area contributed by atoms with E-state index in [1.54, 1.807) is 0 Å². The zero-order valence-corrected chi connectivity index (χ0v) is 13.1. The molecule has 1 spiro atoms. The van der Waals surface area contributed by atoms with Crippen molar-refractivity contribution in [3.8, 4) is 0 Å². The molecule has 4 rings (SSSR count). The minimum atomic E-state index is -0.510. The lowest BCUT2D eigenvalue weighted by Crippen LogP contribution is -2.44. The van der Waals surface area contributed by atoms with Crippen molar-refractivity contribution in [3.05, 3.63) is 23.8 Å². The summed E-state index contributed by atoms with van der Waals surface area (Å²) in [4.78, 5) is 24.4. The molecule has 0 heterocycles. The Morgan fingerprint density at radius 3 is 2.95 bits per heavy atom. The molecule has 0 amide bonds. The lowest BCUT2D eigenvalue weighted by molar-refractivity contribution is -0.161. The number of hydrogen-bond acceptors (Lipinski definition) is 4. The Morgan fingerprint density at radius 2 is 2.23 bits per heavy atom. The van der Waals surface area contributed by atoms with E-state index in [2.05, 4.69) is 18.2 Å². The fourth-order valence-electron chi connectivity index (χ4n) is 5.96. The molecule has 4 heteroatoms. The maximum Gasteiger partial charge on any atom is 0.313 e. The maximum atomic E-state index is 12.9. The van der Waals surface area contributed by atoms with E-state index in [9.17, 15) is 9.59 Å². The fraction of sp³-hybridized carbons (Fsp3) is 0.667. The highest BCUT2D eigenvalue weighted by molar-refractivity contribution is 5.82. The molecule has 118 valence electrons. The predicted octanol–water partition coefficient (Wildman–Crippen LogP) is 2.78. The van der Waals surface area contributed by atoms with E-state index in [1.165, 1.54) is 12.5 Å². The van der Waals surface area contributed by atoms with Crippen LogP contribution in [0.4, 0.5) is 0 Å². The highest BCUT2D eigenvalue weighted by Gasteiger charge is 2.76. The van der Waals surface area contributed by atoms with Crippen LogP contribution >= 0.6 is 0 Å². The van der Waals surface area contributed by atoms with Crippen LogP contribution in [0.3, 0.4) is 0 Å². The Labute approximate surface area is 130 Å². The molecule has 0 aliphatic heterocycles. The maximum absolute atomic E-state index is 12.9. The van der Waals surface area contributed by atoms with Crippen LogP contribution in [0.1, 0.15) is 39.5 Å². The van der Waals surface area contributed by atoms with Gasteiger partial charge in [-0.05, 0) is 37.7 Å². The van der Waals surface area contributed by atoms with Gasteiger partial charge in [0.15, 0.2) is 0 Å². The molecule has 0 aromatic rings. The van der Waals surface area contributed by atoms with E-state index in [4.69, 9.17) is 9.47 Å². The van der Waals surface area contributed by atoms with Crippen LogP contribution in [0.5, 0.6) is 0 Å². The van der Waals surface area contributed by atoms with E-state index < -0.39 is 5.41 Å². The summed E-state index contributed by atoms with van der Waals surface area (Å²) in [6.07, 6.45) is 9.94. The molecule has 2 saturated carbocycles. The molecular weight excluding hydrogens is 280 g/mol. The highest BCUT2D eigenvalue weighted by Crippen LogP contribution is 2.76. The smallest absolute Gasteiger partial charge is 0.313 e. The lowest BCUT2D eigenvalue weighted by Gasteiger charge is -2.40. The van der Waals surface area contributed by atoms with Gasteiger partial charge in [-0.3, -0.25) is 9.59 Å². The number of esters is 2. The third-order valence-corrected chi connectivity index (χ3v) is 6.40. The van der Waals surface area contributed by atoms with Crippen molar-refractivity contribution in [1.82, 2.24) is 0 Å². The van der Waals surface area contributed by atoms with Crippen molar-refractivity contribution < 1.29 is 19.1 Å². The number of carbonyl (C=O) groups is 2. The monoisotopic (exact) mass is 302 g/mol. The topological polar surface area (TPSA) is 52.6 Å². The standard InChI is InChI=1S/C18H22O4/c1-3-21-16(20)17-9-8-13-5-4-12-6-7-14(18(12,13)17)15(10-17)22-11(2)19/h4,6-7,13-15H,3,5,8-10H2,1-2H3/t13-,14+,15-,17+,18?/m0/s1. The zero-order chi connectivity index (χ0) is 15.5. The predicted molar refractivity (Wildman–Crippen MR) is 79.7 cm³/mol. The molecule has 0 bridgehead atoms. The Kier molecular flexibility index (Phi) is 2.85. The van der Waals surface area contributed by atoms with Crippen LogP contribution < -0.4 is 0 Å². The Balaban J connectivity index is 1.82. The second kappa shape index (κ2) is 4.46. The van der Waals surface area contributed by atoms with Gasteiger partial charge in [-0.15, -0.1) is 0 Å². The fourth-order valence-corrected chi connectivity index (χ4v) is 5.96. The normalized spacial score (nSPS) is 43.7. The number of ether oxygens (including phenoxy) is 2. The number of rotatable bonds is 3. The molecule has 4 aliphatic carbocycles. The van der Waals surface area contributed by atoms with Gasteiger partial charge in [0.25, 0.3) is 0 Å². The highest BCUT2D eigenvalue weighted by atomic mass is 16.5. The van der Waals surface area contributed by atoms with Gasteiger partial charge in [0, 0.05) is 24.7 Å². The minimum absolute atomic E-state index is 0.0892. The van der Waals surface area contributed by atoms with Crippen LogP contribution in [0.2, 0.25) is 0 Å². The van der Waals surface area contributed by atoms with Gasteiger partial charge in [0.05, 0.1) is 12.0 Å². The summed E-state index contributed by atoms with van der Waals surface area (Å²) in [5, 5.41) is 0. The van der Waals surface area contributed by atoms with Crippen LogP contribution in [-0.4, -0.2) is 24.6 Å². The molecule has 0 saturated heterocycles. The first-order chi connectivity index (χ1) is 10.6. The van der Waals surface area contributed by atoms with Gasteiger partial charge in [-0.25, -0.2) is 0 Å². The Bertz CT molecular complexity index is 604. The Hall–Kier alpha value is -1.58. The summed E-state index contributed by atoms with van der Waals surface area (Å²) in [5.74, 6) is 0.254. The lowest BCUT2D eigenvalue weighted by atomic mass is 9.61. The second-order valence-electron chi connectivity index (χ2n) is 7.04. The van der Waals surface area contributed by atoms with Gasteiger partial charge < -0.3 is 9.47 Å². The van der Waals surface area contributed by atoms with Crippen molar-refractivity contribution in [2.45, 2.75) is 45.6 Å². The summed E-state index contributed by atoms with van der Waals surface area (Å²) in [6, 6.07) is 0. The number of hydrogen-bond donors (Lipinski definition) is 0. The summed E-state index contributed by atoms with van der Waals surface area (Å²) < 4.78 is 11.1. The van der Waals surface area contributed by atoms with Crippen LogP contribution in [-0.2, 0) is 19.1 Å². The van der Waals surface area contributed by atoms with Crippen LogP contribution in [0, 0.1) is 22.7 Å². The summed E-state index contributed by atoms with van der Waals surface area (Å²) >= 11 is 0. The molecule has 4 nitrogen and oxygen atoms in total. The largest absolute Gasteiger partial charge is 0.466 e. The summed E-state index contributed by atoms with van der Waals surface area (Å²) in [5.41, 5.74) is 0.589. The van der Waals surface area contributed by atoms with Crippen molar-refractivity contribution in [2.24, 2.45) is 22.7 Å². The van der Waals surface area contributed by atoms with Gasteiger partial charge in [-0.1, -0.05) is 18.2 Å². The van der Waals surface area contributed by atoms with Crippen molar-refractivity contribution in [3.63, 3.8) is 0 Å². The van der Waals surface area contributed by atoms with Crippen LogP contribution in [0.25, 0.3) is 0 Å². The Morgan fingerprint density at radius 1 is 1.41 bits per heavy atom. The second-order valence-corrected chi connectivity index (χ2v) is 7.04. The molecule has 4 aliphatic rings. The summed E-state index contributed by atoms with van der Waals surface area (Å²) in [6.45, 7) is 3.70. The van der Waals surface area contributed by atoms with Crippen molar-refractivity contribution in [2.75, 3.05) is 6.61 Å². The molecule has 0 N–H and O–H groups in total. The summed E-state index contributed by atoms with van der Waals surface area (Å²) in [7, 11) is 0. The quantitative estimate of drug-likeness (QED) is 0.752. The first-order valence-electron chi connectivity index (χ1n) is 8.29. The van der Waals surface area contributed by atoms with E-state index in [-0.39, 0.29) is 29.4 Å². The number of carbonyl (C=O) groups excluding carboxylic acids is 2. The number of allylic oxidation sites excluding steroid dienone is 3. The minimum Gasteiger partial charge on any atom is -0.466 e. The van der Waals surface area contributed by atoms with E-state index in [0.29, 0.717) is 18.9 Å². The van der Waals surface area contributed by atoms with Gasteiger partial charge in [0.1, 0.15) is 6.10 Å². The average molecular weight is 302 g/mol. The first kappa shape index (κ1) is 14.0. The molecule has 2 fully saturated rings. The third kappa shape index (κ3) is 1.39. The van der Waals surface area contributed by atoms with E-state index in [0.717, 1.165) is 19.3 Å². The third-order valence-electron chi connectivity index (χ3n) is 6.40. The van der Waals surface area contributed by atoms with Crippen molar-refractivity contribution >= 4 is 11.9 Å². The molecule has 0 aromatic heterocycles. The molecule has 0 radical (unpaired) electrons. The first-order valence-corrected chi connectivity index (χ1v) is 8.29. The molecule has 5 atom stereocenters. The molecule has 0 aromatic carbocycles. The van der Waals surface area contributed by atoms with Gasteiger partial charge in [0.2, 0.25) is 0 Å². The zero-order valence-electron chi connectivity index (χ0n) is 13.1. The van der Waals surface area contributed by atoms with Crippen LogP contribution in [0.15, 0.2) is 23.8 Å². The van der Waals surface area contributed by atoms with Gasteiger partial charge >= 0.3 is 11.9 Å². The van der Waals surface area contributed by atoms with E-state index >= 15 is 0 Å². The molecule has 22 heavy (non-hydrogen) atoms. The van der Waals surface area contributed by atoms with Gasteiger partial charge in [-0.2, -0.15) is 0 Å². The molecular formula is C18H22O4. The SMILES string of the molecule is CCOC(=O)[C@@]12CC[C@@H]3CC=C4C=C[C@H]([C@@H](OC(C)=O)C1)C432. The average Bonchev–Trinajstić information content (AvgIpc) is 3.10. The van der Waals surface area contributed by atoms with Crippen molar-refractivity contribution in [1.29, 1.82) is 0 Å². The van der Waals surface area contributed by atoms with E-state index in [1.807, 2.05) is 6.92 Å².